The molecule has 0 aliphatic heterocycles. The Kier molecular flexibility index (Phi) is 5.63. The van der Waals surface area contributed by atoms with Gasteiger partial charge in [-0.25, -0.2) is 4.57 Å². The van der Waals surface area contributed by atoms with Gasteiger partial charge in [0.05, 0.1) is 21.2 Å². The Morgan fingerprint density at radius 3 is 1.97 bits per heavy atom. The molecule has 0 aliphatic rings. The molecule has 1 aromatic heterocycles. The normalized spacial score (nSPS) is 11.2. The molecule has 0 fully saturated rings. The molecule has 5 nitrogen and oxygen atoms in total. The maximum atomic E-state index is 13.8. The summed E-state index contributed by atoms with van der Waals surface area (Å²) in [5.74, 6) is 0.426. The fourth-order valence-corrected chi connectivity index (χ4v) is 4.60. The fraction of sp³-hybridized carbons (Fsp3) is 0. The maximum Gasteiger partial charge on any atom is 0.541 e. The van der Waals surface area contributed by atoms with E-state index in [0.29, 0.717) is 21.2 Å². The molecule has 29 heavy (non-hydrogen) atoms. The minimum Gasteiger partial charge on any atom is -0.399 e. The van der Waals surface area contributed by atoms with Gasteiger partial charge in [0.2, 0.25) is 0 Å². The SMILES string of the molecule is O=P(Nc1cccc2cccnc12)(Oc1ccccc1Cl)Oc1ccccc1Cl. The number of para-hydroxylation sites is 3. The third kappa shape index (κ3) is 4.48. The van der Waals surface area contributed by atoms with Crippen molar-refractivity contribution in [2.75, 3.05) is 5.09 Å². The van der Waals surface area contributed by atoms with Crippen LogP contribution in [0.4, 0.5) is 5.69 Å². The minimum atomic E-state index is -4.00. The van der Waals surface area contributed by atoms with Crippen LogP contribution >= 0.6 is 30.9 Å². The zero-order valence-corrected chi connectivity index (χ0v) is 17.4. The van der Waals surface area contributed by atoms with Crippen LogP contribution in [-0.2, 0) is 4.57 Å². The van der Waals surface area contributed by atoms with Gasteiger partial charge in [0.1, 0.15) is 0 Å². The second-order valence-corrected chi connectivity index (χ2v) is 8.43. The molecule has 3 aromatic carbocycles. The minimum absolute atomic E-state index is 0.213. The zero-order valence-electron chi connectivity index (χ0n) is 15.0. The van der Waals surface area contributed by atoms with Crippen molar-refractivity contribution in [1.82, 2.24) is 4.98 Å². The number of hydrogen-bond acceptors (Lipinski definition) is 4. The molecule has 1 heterocycles. The first kappa shape index (κ1) is 19.6. The summed E-state index contributed by atoms with van der Waals surface area (Å²) in [6.45, 7) is 0. The number of nitrogens with one attached hydrogen (secondary N) is 1. The van der Waals surface area contributed by atoms with Gasteiger partial charge < -0.3 is 9.05 Å². The Morgan fingerprint density at radius 2 is 1.34 bits per heavy atom. The summed E-state index contributed by atoms with van der Waals surface area (Å²) in [7, 11) is -4.00. The van der Waals surface area contributed by atoms with E-state index in [-0.39, 0.29) is 11.5 Å². The largest absolute Gasteiger partial charge is 0.541 e. The van der Waals surface area contributed by atoms with Gasteiger partial charge >= 0.3 is 7.75 Å². The van der Waals surface area contributed by atoms with Crippen LogP contribution in [0.3, 0.4) is 0 Å². The van der Waals surface area contributed by atoms with Crippen molar-refractivity contribution >= 4 is 47.5 Å². The topological polar surface area (TPSA) is 60.5 Å². The lowest BCUT2D eigenvalue weighted by atomic mass is 10.2. The molecule has 0 bridgehead atoms. The molecule has 0 amide bonds. The zero-order chi connectivity index (χ0) is 20.3. The van der Waals surface area contributed by atoms with E-state index >= 15 is 0 Å². The van der Waals surface area contributed by atoms with Crippen molar-refractivity contribution in [2.24, 2.45) is 0 Å². The Morgan fingerprint density at radius 1 is 0.759 bits per heavy atom. The molecule has 8 heteroatoms. The van der Waals surface area contributed by atoms with E-state index in [1.165, 1.54) is 0 Å². The summed E-state index contributed by atoms with van der Waals surface area (Å²) in [6, 6.07) is 22.6. The smallest absolute Gasteiger partial charge is 0.399 e. The Labute approximate surface area is 177 Å². The highest BCUT2D eigenvalue weighted by atomic mass is 35.5. The first-order valence-corrected chi connectivity index (χ1v) is 10.9. The van der Waals surface area contributed by atoms with Crippen LogP contribution in [0, 0.1) is 0 Å². The Hall–Kier alpha value is -2.72. The van der Waals surface area contributed by atoms with Crippen molar-refractivity contribution < 1.29 is 13.6 Å². The standard InChI is InChI=1S/C21H15Cl2N2O3P/c22-16-9-1-3-12-19(16)27-29(26,28-20-13-4-2-10-17(20)23)25-18-11-5-7-15-8-6-14-24-21(15)18/h1-14H,(H,25,26). The van der Waals surface area contributed by atoms with Crippen LogP contribution in [0.2, 0.25) is 10.0 Å². The van der Waals surface area contributed by atoms with Crippen molar-refractivity contribution in [2.45, 2.75) is 0 Å². The molecule has 0 aliphatic carbocycles. The van der Waals surface area contributed by atoms with Crippen LogP contribution in [0.1, 0.15) is 0 Å². The van der Waals surface area contributed by atoms with Crippen LogP contribution in [0.5, 0.6) is 11.5 Å². The quantitative estimate of drug-likeness (QED) is 0.318. The van der Waals surface area contributed by atoms with E-state index in [9.17, 15) is 4.57 Å². The van der Waals surface area contributed by atoms with Gasteiger partial charge in [-0.1, -0.05) is 65.7 Å². The molecule has 4 aromatic rings. The third-order valence-electron chi connectivity index (χ3n) is 4.00. The van der Waals surface area contributed by atoms with Crippen molar-refractivity contribution in [3.05, 3.63) is 95.1 Å². The second kappa shape index (κ2) is 8.34. The van der Waals surface area contributed by atoms with Gasteiger partial charge in [0.25, 0.3) is 0 Å². The molecular formula is C21H15Cl2N2O3P. The molecule has 0 saturated heterocycles. The summed E-state index contributed by atoms with van der Waals surface area (Å²) in [6.07, 6.45) is 1.66. The molecular weight excluding hydrogens is 430 g/mol. The van der Waals surface area contributed by atoms with Crippen LogP contribution < -0.4 is 14.1 Å². The van der Waals surface area contributed by atoms with Gasteiger partial charge in [-0.2, -0.15) is 0 Å². The van der Waals surface area contributed by atoms with E-state index < -0.39 is 7.75 Å². The van der Waals surface area contributed by atoms with Crippen molar-refractivity contribution in [3.8, 4) is 11.5 Å². The monoisotopic (exact) mass is 444 g/mol. The number of fused-ring (bicyclic) bond motifs is 1. The fourth-order valence-electron chi connectivity index (χ4n) is 2.70. The summed E-state index contributed by atoms with van der Waals surface area (Å²) in [5, 5.41) is 4.35. The number of nitrogens with zero attached hydrogens (tertiary/aromatic N) is 1. The summed E-state index contributed by atoms with van der Waals surface area (Å²) in [5.41, 5.74) is 1.12. The van der Waals surface area contributed by atoms with Gasteiger partial charge in [-0.15, -0.1) is 0 Å². The highest BCUT2D eigenvalue weighted by molar-refractivity contribution is 7.56. The average molecular weight is 445 g/mol. The van der Waals surface area contributed by atoms with Crippen LogP contribution in [-0.4, -0.2) is 4.98 Å². The van der Waals surface area contributed by atoms with E-state index in [1.807, 2.05) is 24.3 Å². The number of benzene rings is 3. The lowest BCUT2D eigenvalue weighted by Crippen LogP contribution is -2.10. The van der Waals surface area contributed by atoms with E-state index in [1.54, 1.807) is 60.8 Å². The lowest BCUT2D eigenvalue weighted by molar-refractivity contribution is 0.393. The Balaban J connectivity index is 1.76. The van der Waals surface area contributed by atoms with Crippen molar-refractivity contribution in [3.63, 3.8) is 0 Å². The summed E-state index contributed by atoms with van der Waals surface area (Å²) >= 11 is 12.4. The summed E-state index contributed by atoms with van der Waals surface area (Å²) < 4.78 is 25.3. The average Bonchev–Trinajstić information content (AvgIpc) is 2.72. The third-order valence-corrected chi connectivity index (χ3v) is 6.01. The highest BCUT2D eigenvalue weighted by Crippen LogP contribution is 2.51. The first-order valence-electron chi connectivity index (χ1n) is 8.64. The van der Waals surface area contributed by atoms with Crippen molar-refractivity contribution in [1.29, 1.82) is 0 Å². The van der Waals surface area contributed by atoms with Gasteiger partial charge in [0.15, 0.2) is 11.5 Å². The number of hydrogen-bond donors (Lipinski definition) is 1. The van der Waals surface area contributed by atoms with Gasteiger partial charge in [-0.05, 0) is 36.4 Å². The number of rotatable bonds is 6. The number of anilines is 1. The maximum absolute atomic E-state index is 13.8. The first-order chi connectivity index (χ1) is 14.0. The van der Waals surface area contributed by atoms with E-state index in [4.69, 9.17) is 32.2 Å². The number of pyridine rings is 1. The van der Waals surface area contributed by atoms with E-state index in [0.717, 1.165) is 5.39 Å². The molecule has 0 saturated carbocycles. The van der Waals surface area contributed by atoms with Crippen LogP contribution in [0.25, 0.3) is 10.9 Å². The molecule has 0 radical (unpaired) electrons. The molecule has 4 rings (SSSR count). The highest BCUT2D eigenvalue weighted by Gasteiger charge is 2.31. The number of aromatic nitrogens is 1. The van der Waals surface area contributed by atoms with Gasteiger partial charge in [-0.3, -0.25) is 10.1 Å². The molecule has 0 spiro atoms. The molecule has 146 valence electrons. The predicted octanol–water partition coefficient (Wildman–Crippen LogP) is 7.22. The Bertz CT molecular complexity index is 1160. The van der Waals surface area contributed by atoms with Gasteiger partial charge in [0, 0.05) is 11.6 Å². The predicted molar refractivity (Wildman–Crippen MR) is 117 cm³/mol. The summed E-state index contributed by atoms with van der Waals surface area (Å²) in [4.78, 5) is 4.37. The molecule has 0 unspecified atom stereocenters. The second-order valence-electron chi connectivity index (χ2n) is 6.03. The number of halogens is 2. The lowest BCUT2D eigenvalue weighted by Gasteiger charge is -2.22. The molecule has 0 atom stereocenters. The van der Waals surface area contributed by atoms with E-state index in [2.05, 4.69) is 10.1 Å². The van der Waals surface area contributed by atoms with Crippen LogP contribution in [0.15, 0.2) is 85.1 Å². The molecule has 1 N–H and O–H groups in total.